The Morgan fingerprint density at radius 2 is 0.857 bits per heavy atom. The lowest BCUT2D eigenvalue weighted by atomic mass is 9.85. The second-order valence-electron chi connectivity index (χ2n) is 7.68. The summed E-state index contributed by atoms with van der Waals surface area (Å²) >= 11 is 0. The summed E-state index contributed by atoms with van der Waals surface area (Å²) in [6.07, 6.45) is 0. The fourth-order valence-electron chi connectivity index (χ4n) is 4.24. The standard InChI is InChI=1S/C26H9F9/c27-13-6-4-10(8-16(13)30)18-12-2-1-3-15(29)20(12)19(11-5-7-14(28)17(31)9-11)22-21(18)23(32)25(34)26(35)24(22)33/h1-9H. The van der Waals surface area contributed by atoms with E-state index in [0.717, 1.165) is 24.3 Å². The number of benzene rings is 5. The first-order valence-electron chi connectivity index (χ1n) is 9.92. The summed E-state index contributed by atoms with van der Waals surface area (Å²) in [5, 5.41) is -2.64. The Labute approximate surface area is 190 Å². The van der Waals surface area contributed by atoms with Crippen molar-refractivity contribution in [2.45, 2.75) is 0 Å². The van der Waals surface area contributed by atoms with Crippen molar-refractivity contribution < 1.29 is 39.5 Å². The van der Waals surface area contributed by atoms with E-state index in [2.05, 4.69) is 0 Å². The normalized spacial score (nSPS) is 11.6. The molecule has 0 aliphatic carbocycles. The molecule has 0 heterocycles. The summed E-state index contributed by atoms with van der Waals surface area (Å²) in [6, 6.07) is 7.64. The molecule has 0 radical (unpaired) electrons. The molecule has 5 aromatic carbocycles. The highest BCUT2D eigenvalue weighted by molar-refractivity contribution is 6.21. The average molecular weight is 492 g/mol. The van der Waals surface area contributed by atoms with Crippen molar-refractivity contribution in [1.82, 2.24) is 0 Å². The molecule has 176 valence electrons. The maximum atomic E-state index is 15.3. The highest BCUT2D eigenvalue weighted by Gasteiger charge is 2.29. The molecule has 0 unspecified atom stereocenters. The van der Waals surface area contributed by atoms with E-state index < -0.39 is 79.6 Å². The molecule has 0 bridgehead atoms. The molecule has 5 rings (SSSR count). The van der Waals surface area contributed by atoms with Gasteiger partial charge in [-0.2, -0.15) is 0 Å². The van der Waals surface area contributed by atoms with E-state index in [0.29, 0.717) is 24.3 Å². The van der Waals surface area contributed by atoms with Gasteiger partial charge in [0.05, 0.1) is 0 Å². The van der Waals surface area contributed by atoms with Crippen molar-refractivity contribution in [3.8, 4) is 22.3 Å². The van der Waals surface area contributed by atoms with Gasteiger partial charge in [-0.05, 0) is 46.8 Å². The molecular formula is C26H9F9. The molecule has 0 N–H and O–H groups in total. The van der Waals surface area contributed by atoms with Crippen LogP contribution in [0.1, 0.15) is 0 Å². The van der Waals surface area contributed by atoms with E-state index in [1.807, 2.05) is 0 Å². The predicted octanol–water partition coefficient (Wildman–Crippen LogP) is 8.58. The van der Waals surface area contributed by atoms with Crippen LogP contribution < -0.4 is 0 Å². The minimum Gasteiger partial charge on any atom is -0.206 e. The Morgan fingerprint density at radius 1 is 0.371 bits per heavy atom. The lowest BCUT2D eigenvalue weighted by Gasteiger charge is -2.20. The molecule has 0 aliphatic heterocycles. The number of fused-ring (bicyclic) bond motifs is 2. The molecule has 0 aliphatic rings. The lowest BCUT2D eigenvalue weighted by molar-refractivity contribution is 0.418. The van der Waals surface area contributed by atoms with Gasteiger partial charge in [-0.1, -0.05) is 24.3 Å². The second-order valence-corrected chi connectivity index (χ2v) is 7.68. The molecule has 5 aromatic rings. The van der Waals surface area contributed by atoms with E-state index in [9.17, 15) is 26.3 Å². The molecule has 0 saturated heterocycles. The van der Waals surface area contributed by atoms with Gasteiger partial charge in [0, 0.05) is 27.3 Å². The monoisotopic (exact) mass is 492 g/mol. The molecule has 0 nitrogen and oxygen atoms in total. The third-order valence-corrected chi connectivity index (χ3v) is 5.72. The summed E-state index contributed by atoms with van der Waals surface area (Å²) in [5.74, 6) is -14.7. The summed E-state index contributed by atoms with van der Waals surface area (Å²) < 4.78 is 130. The van der Waals surface area contributed by atoms with Crippen molar-refractivity contribution in [2.75, 3.05) is 0 Å². The zero-order valence-corrected chi connectivity index (χ0v) is 17.1. The van der Waals surface area contributed by atoms with Crippen molar-refractivity contribution in [3.05, 3.63) is 107 Å². The van der Waals surface area contributed by atoms with Crippen LogP contribution in [0.25, 0.3) is 43.8 Å². The smallest absolute Gasteiger partial charge is 0.198 e. The highest BCUT2D eigenvalue weighted by atomic mass is 19.2. The third kappa shape index (κ3) is 3.33. The van der Waals surface area contributed by atoms with Gasteiger partial charge >= 0.3 is 0 Å². The molecule has 35 heavy (non-hydrogen) atoms. The van der Waals surface area contributed by atoms with Crippen LogP contribution in [0.15, 0.2) is 54.6 Å². The first-order valence-corrected chi connectivity index (χ1v) is 9.92. The quantitative estimate of drug-likeness (QED) is 0.100. The average Bonchev–Trinajstić information content (AvgIpc) is 2.83. The first kappa shape index (κ1) is 22.8. The summed E-state index contributed by atoms with van der Waals surface area (Å²) in [7, 11) is 0. The molecule has 0 saturated carbocycles. The molecular weight excluding hydrogens is 483 g/mol. The van der Waals surface area contributed by atoms with Crippen molar-refractivity contribution in [3.63, 3.8) is 0 Å². The number of hydrogen-bond acceptors (Lipinski definition) is 0. The lowest BCUT2D eigenvalue weighted by Crippen LogP contribution is -2.03. The molecule has 0 atom stereocenters. The van der Waals surface area contributed by atoms with Gasteiger partial charge in [-0.15, -0.1) is 0 Å². The maximum Gasteiger partial charge on any atom is 0.198 e. The van der Waals surface area contributed by atoms with Gasteiger partial charge in [0.1, 0.15) is 5.82 Å². The molecule has 0 aromatic heterocycles. The second kappa shape index (κ2) is 8.04. The highest BCUT2D eigenvalue weighted by Crippen LogP contribution is 2.47. The van der Waals surface area contributed by atoms with E-state index in [1.54, 1.807) is 0 Å². The number of hydrogen-bond donors (Lipinski definition) is 0. The van der Waals surface area contributed by atoms with Gasteiger partial charge < -0.3 is 0 Å². The van der Waals surface area contributed by atoms with Crippen LogP contribution in [-0.4, -0.2) is 0 Å². The van der Waals surface area contributed by atoms with Gasteiger partial charge in [-0.25, -0.2) is 39.5 Å². The van der Waals surface area contributed by atoms with Crippen LogP contribution in [0.3, 0.4) is 0 Å². The van der Waals surface area contributed by atoms with Gasteiger partial charge in [-0.3, -0.25) is 0 Å². The van der Waals surface area contributed by atoms with Crippen LogP contribution in [0.2, 0.25) is 0 Å². The summed E-state index contributed by atoms with van der Waals surface area (Å²) in [5.41, 5.74) is -1.72. The molecule has 0 fully saturated rings. The number of halogens is 9. The zero-order valence-electron chi connectivity index (χ0n) is 17.1. The maximum absolute atomic E-state index is 15.3. The van der Waals surface area contributed by atoms with Crippen LogP contribution in [0, 0.1) is 52.4 Å². The number of rotatable bonds is 2. The van der Waals surface area contributed by atoms with Gasteiger partial charge in [0.2, 0.25) is 0 Å². The van der Waals surface area contributed by atoms with E-state index in [1.165, 1.54) is 6.07 Å². The Bertz CT molecular complexity index is 1690. The summed E-state index contributed by atoms with van der Waals surface area (Å²) in [4.78, 5) is 0. The topological polar surface area (TPSA) is 0 Å². The Balaban J connectivity index is 2.14. The van der Waals surface area contributed by atoms with Crippen LogP contribution >= 0.6 is 0 Å². The third-order valence-electron chi connectivity index (χ3n) is 5.72. The predicted molar refractivity (Wildman–Crippen MR) is 112 cm³/mol. The largest absolute Gasteiger partial charge is 0.206 e. The van der Waals surface area contributed by atoms with Crippen molar-refractivity contribution in [1.29, 1.82) is 0 Å². The van der Waals surface area contributed by atoms with Gasteiger partial charge in [0.15, 0.2) is 46.5 Å². The van der Waals surface area contributed by atoms with Crippen LogP contribution in [-0.2, 0) is 0 Å². The molecule has 0 spiro atoms. The Morgan fingerprint density at radius 3 is 1.37 bits per heavy atom. The minimum atomic E-state index is -2.23. The SMILES string of the molecule is Fc1ccc(-c2c3cccc(F)c3c(-c3ccc(F)c(F)c3)c3c(F)c(F)c(F)c(F)c23)cc1F. The van der Waals surface area contributed by atoms with Crippen molar-refractivity contribution >= 4 is 21.5 Å². The zero-order chi connectivity index (χ0) is 25.2. The van der Waals surface area contributed by atoms with E-state index in [4.69, 9.17) is 0 Å². The first-order chi connectivity index (χ1) is 16.6. The Hall–Kier alpha value is -4.01. The molecule has 0 amide bonds. The van der Waals surface area contributed by atoms with Crippen LogP contribution in [0.5, 0.6) is 0 Å². The van der Waals surface area contributed by atoms with Crippen molar-refractivity contribution in [2.24, 2.45) is 0 Å². The van der Waals surface area contributed by atoms with Gasteiger partial charge in [0.25, 0.3) is 0 Å². The minimum absolute atomic E-state index is 0.229. The van der Waals surface area contributed by atoms with E-state index >= 15 is 13.2 Å². The van der Waals surface area contributed by atoms with E-state index in [-0.39, 0.29) is 16.5 Å². The molecule has 9 heteroatoms. The Kier molecular flexibility index (Phi) is 5.23. The summed E-state index contributed by atoms with van der Waals surface area (Å²) in [6.45, 7) is 0. The van der Waals surface area contributed by atoms with Crippen LogP contribution in [0.4, 0.5) is 39.5 Å². The fraction of sp³-hybridized carbons (Fsp3) is 0. The fourth-order valence-corrected chi connectivity index (χ4v) is 4.24.